The predicted octanol–water partition coefficient (Wildman–Crippen LogP) is 1.71. The van der Waals surface area contributed by atoms with Gasteiger partial charge in [-0.1, -0.05) is 18.2 Å². The number of nitrogens with zero attached hydrogens (tertiary/aromatic N) is 2. The van der Waals surface area contributed by atoms with Crippen molar-refractivity contribution < 1.29 is 14.3 Å². The molecule has 1 atom stereocenters. The van der Waals surface area contributed by atoms with E-state index in [-0.39, 0.29) is 18.3 Å². The molecule has 1 aliphatic rings. The van der Waals surface area contributed by atoms with Crippen LogP contribution in [-0.4, -0.2) is 33.7 Å². The molecule has 114 valence electrons. The number of imidazole rings is 1. The second-order valence-corrected chi connectivity index (χ2v) is 5.27. The van der Waals surface area contributed by atoms with Crippen LogP contribution in [0.2, 0.25) is 0 Å². The molecule has 0 bridgehead atoms. The fourth-order valence-electron chi connectivity index (χ4n) is 2.67. The van der Waals surface area contributed by atoms with E-state index < -0.39 is 6.04 Å². The molecule has 0 radical (unpaired) electrons. The number of benzene rings is 1. The van der Waals surface area contributed by atoms with Gasteiger partial charge in [0.2, 0.25) is 0 Å². The Hall–Kier alpha value is -3.15. The van der Waals surface area contributed by atoms with Crippen molar-refractivity contribution >= 4 is 17.3 Å². The number of ether oxygens (including phenoxy) is 1. The fraction of sp³-hybridized carbons (Fsp3) is 0.118. The summed E-state index contributed by atoms with van der Waals surface area (Å²) in [4.78, 5) is 29.1. The van der Waals surface area contributed by atoms with Gasteiger partial charge in [-0.25, -0.2) is 4.98 Å². The highest BCUT2D eigenvalue weighted by Gasteiger charge is 2.30. The number of ketones is 1. The summed E-state index contributed by atoms with van der Waals surface area (Å²) in [5.41, 5.74) is 1.55. The SMILES string of the molecule is O=C(NC1COc2ccccc2C1=O)c1cnc2ccccn12. The summed E-state index contributed by atoms with van der Waals surface area (Å²) in [5.74, 6) is 0.0526. The van der Waals surface area contributed by atoms with E-state index in [2.05, 4.69) is 10.3 Å². The summed E-state index contributed by atoms with van der Waals surface area (Å²) >= 11 is 0. The van der Waals surface area contributed by atoms with Gasteiger partial charge in [-0.2, -0.15) is 0 Å². The lowest BCUT2D eigenvalue weighted by atomic mass is 10.0. The maximum absolute atomic E-state index is 12.5. The second-order valence-electron chi connectivity index (χ2n) is 5.27. The first-order chi connectivity index (χ1) is 11.2. The van der Waals surface area contributed by atoms with Crippen LogP contribution in [0, 0.1) is 0 Å². The minimum atomic E-state index is -0.702. The van der Waals surface area contributed by atoms with Crippen molar-refractivity contribution in [3.05, 3.63) is 66.1 Å². The number of carbonyl (C=O) groups is 2. The first-order valence-electron chi connectivity index (χ1n) is 7.23. The van der Waals surface area contributed by atoms with Crippen molar-refractivity contribution in [1.29, 1.82) is 0 Å². The van der Waals surface area contributed by atoms with E-state index in [9.17, 15) is 9.59 Å². The average molecular weight is 307 g/mol. The van der Waals surface area contributed by atoms with Crippen LogP contribution >= 0.6 is 0 Å². The Morgan fingerprint density at radius 3 is 2.96 bits per heavy atom. The molecule has 3 heterocycles. The van der Waals surface area contributed by atoms with Crippen molar-refractivity contribution in [1.82, 2.24) is 14.7 Å². The Morgan fingerprint density at radius 2 is 2.04 bits per heavy atom. The van der Waals surface area contributed by atoms with Crippen LogP contribution in [0.4, 0.5) is 0 Å². The number of fused-ring (bicyclic) bond motifs is 2. The number of hydrogen-bond acceptors (Lipinski definition) is 4. The van der Waals surface area contributed by atoms with Crippen molar-refractivity contribution in [2.24, 2.45) is 0 Å². The first kappa shape index (κ1) is 13.5. The molecule has 4 rings (SSSR count). The predicted molar refractivity (Wildman–Crippen MR) is 82.7 cm³/mol. The van der Waals surface area contributed by atoms with Gasteiger partial charge >= 0.3 is 0 Å². The molecule has 1 unspecified atom stereocenters. The van der Waals surface area contributed by atoms with E-state index in [1.54, 1.807) is 28.8 Å². The van der Waals surface area contributed by atoms with Gasteiger partial charge in [-0.15, -0.1) is 0 Å². The highest BCUT2D eigenvalue weighted by atomic mass is 16.5. The molecule has 1 aliphatic heterocycles. The van der Waals surface area contributed by atoms with E-state index in [1.807, 2.05) is 24.3 Å². The lowest BCUT2D eigenvalue weighted by molar-refractivity contribution is 0.0792. The molecule has 0 saturated carbocycles. The highest BCUT2D eigenvalue weighted by Crippen LogP contribution is 2.24. The molecule has 0 saturated heterocycles. The van der Waals surface area contributed by atoms with E-state index in [0.717, 1.165) is 0 Å². The van der Waals surface area contributed by atoms with Crippen molar-refractivity contribution in [2.75, 3.05) is 6.61 Å². The Morgan fingerprint density at radius 1 is 1.22 bits per heavy atom. The molecule has 6 nitrogen and oxygen atoms in total. The molecular formula is C17H13N3O3. The molecule has 23 heavy (non-hydrogen) atoms. The number of Topliss-reactive ketones (excluding diaryl/α,β-unsaturated/α-hetero) is 1. The zero-order valence-electron chi connectivity index (χ0n) is 12.1. The zero-order chi connectivity index (χ0) is 15.8. The Labute approximate surface area is 131 Å². The molecule has 1 aromatic carbocycles. The Kier molecular flexibility index (Phi) is 3.08. The number of para-hydroxylation sites is 1. The molecule has 0 spiro atoms. The zero-order valence-corrected chi connectivity index (χ0v) is 12.1. The van der Waals surface area contributed by atoms with Crippen molar-refractivity contribution in [2.45, 2.75) is 6.04 Å². The number of amides is 1. The quantitative estimate of drug-likeness (QED) is 0.782. The Bertz CT molecular complexity index is 916. The molecule has 0 aliphatic carbocycles. The van der Waals surface area contributed by atoms with E-state index in [0.29, 0.717) is 22.7 Å². The van der Waals surface area contributed by atoms with E-state index >= 15 is 0 Å². The van der Waals surface area contributed by atoms with Crippen LogP contribution in [0.3, 0.4) is 0 Å². The van der Waals surface area contributed by atoms with Crippen LogP contribution in [-0.2, 0) is 0 Å². The van der Waals surface area contributed by atoms with Crippen molar-refractivity contribution in [3.63, 3.8) is 0 Å². The number of hydrogen-bond donors (Lipinski definition) is 1. The fourth-order valence-corrected chi connectivity index (χ4v) is 2.67. The van der Waals surface area contributed by atoms with Gasteiger partial charge in [0.25, 0.3) is 5.91 Å². The number of carbonyl (C=O) groups excluding carboxylic acids is 2. The monoisotopic (exact) mass is 307 g/mol. The lowest BCUT2D eigenvalue weighted by Gasteiger charge is -2.24. The van der Waals surface area contributed by atoms with Crippen LogP contribution in [0.1, 0.15) is 20.8 Å². The first-order valence-corrected chi connectivity index (χ1v) is 7.23. The summed E-state index contributed by atoms with van der Waals surface area (Å²) < 4.78 is 7.23. The molecular weight excluding hydrogens is 294 g/mol. The molecule has 0 fully saturated rings. The molecule has 6 heteroatoms. The van der Waals surface area contributed by atoms with Gasteiger partial charge in [-0.3, -0.25) is 14.0 Å². The van der Waals surface area contributed by atoms with Crippen LogP contribution in [0.5, 0.6) is 5.75 Å². The minimum Gasteiger partial charge on any atom is -0.490 e. The smallest absolute Gasteiger partial charge is 0.270 e. The maximum Gasteiger partial charge on any atom is 0.270 e. The third-order valence-corrected chi connectivity index (χ3v) is 3.83. The largest absolute Gasteiger partial charge is 0.490 e. The molecule has 2 aromatic heterocycles. The standard InChI is InChI=1S/C17H13N3O3/c21-16-11-5-1-2-6-14(11)23-10-12(16)19-17(22)13-9-18-15-7-3-4-8-20(13)15/h1-9,12H,10H2,(H,19,22). The summed E-state index contributed by atoms with van der Waals surface area (Å²) in [6.07, 6.45) is 3.25. The second kappa shape index (κ2) is 5.24. The van der Waals surface area contributed by atoms with E-state index in [4.69, 9.17) is 4.74 Å². The normalized spacial score (nSPS) is 16.7. The summed E-state index contributed by atoms with van der Waals surface area (Å²) in [6.45, 7) is 0.123. The molecule has 1 amide bonds. The van der Waals surface area contributed by atoms with Gasteiger partial charge in [0, 0.05) is 6.20 Å². The number of nitrogens with one attached hydrogen (secondary N) is 1. The summed E-state index contributed by atoms with van der Waals surface area (Å²) in [5, 5.41) is 2.73. The van der Waals surface area contributed by atoms with Gasteiger partial charge in [0.1, 0.15) is 29.7 Å². The third kappa shape index (κ3) is 2.24. The summed E-state index contributed by atoms with van der Waals surface area (Å²) in [7, 11) is 0. The van der Waals surface area contributed by atoms with E-state index in [1.165, 1.54) is 6.20 Å². The number of pyridine rings is 1. The average Bonchev–Trinajstić information content (AvgIpc) is 3.02. The topological polar surface area (TPSA) is 72.7 Å². The van der Waals surface area contributed by atoms with Crippen LogP contribution < -0.4 is 10.1 Å². The van der Waals surface area contributed by atoms with Gasteiger partial charge in [0.05, 0.1) is 11.8 Å². The lowest BCUT2D eigenvalue weighted by Crippen LogP contribution is -2.47. The molecule has 1 N–H and O–H groups in total. The maximum atomic E-state index is 12.5. The van der Waals surface area contributed by atoms with Gasteiger partial charge in [-0.05, 0) is 24.3 Å². The minimum absolute atomic E-state index is 0.123. The van der Waals surface area contributed by atoms with Gasteiger partial charge in [0.15, 0.2) is 5.78 Å². The van der Waals surface area contributed by atoms with Crippen LogP contribution in [0.15, 0.2) is 54.9 Å². The number of rotatable bonds is 2. The Balaban J connectivity index is 1.59. The highest BCUT2D eigenvalue weighted by molar-refractivity contribution is 6.06. The summed E-state index contributed by atoms with van der Waals surface area (Å²) in [6, 6.07) is 11.8. The number of aromatic nitrogens is 2. The van der Waals surface area contributed by atoms with Crippen molar-refractivity contribution in [3.8, 4) is 5.75 Å². The molecule has 3 aromatic rings. The van der Waals surface area contributed by atoms with Gasteiger partial charge < -0.3 is 10.1 Å². The van der Waals surface area contributed by atoms with Crippen LogP contribution in [0.25, 0.3) is 5.65 Å². The third-order valence-electron chi connectivity index (χ3n) is 3.83.